The fraction of sp³-hybridized carbons (Fsp3) is 0.476. The molecule has 1 saturated heterocycles. The number of hydrogen-bond acceptors (Lipinski definition) is 4. The molecule has 0 aliphatic carbocycles. The third-order valence-electron chi connectivity index (χ3n) is 5.15. The molecular formula is C21H29N5O2. The van der Waals surface area contributed by atoms with Gasteiger partial charge < -0.3 is 10.2 Å². The Labute approximate surface area is 166 Å². The van der Waals surface area contributed by atoms with E-state index in [0.29, 0.717) is 32.7 Å². The van der Waals surface area contributed by atoms with Crippen molar-refractivity contribution < 1.29 is 9.59 Å². The van der Waals surface area contributed by atoms with Gasteiger partial charge in [0.2, 0.25) is 11.8 Å². The molecule has 3 rings (SSSR count). The highest BCUT2D eigenvalue weighted by molar-refractivity contribution is 5.93. The Morgan fingerprint density at radius 2 is 1.79 bits per heavy atom. The number of rotatable bonds is 6. The van der Waals surface area contributed by atoms with Gasteiger partial charge in [0, 0.05) is 37.6 Å². The van der Waals surface area contributed by atoms with E-state index in [2.05, 4.69) is 22.2 Å². The van der Waals surface area contributed by atoms with Crippen LogP contribution in [0.1, 0.15) is 23.9 Å². The summed E-state index contributed by atoms with van der Waals surface area (Å²) in [7, 11) is 0. The number of para-hydroxylation sites is 1. The molecule has 1 N–H and O–H groups in total. The second kappa shape index (κ2) is 9.01. The minimum Gasteiger partial charge on any atom is -0.339 e. The first-order valence-electron chi connectivity index (χ1n) is 9.85. The van der Waals surface area contributed by atoms with Crippen LogP contribution in [0.25, 0.3) is 0 Å². The molecule has 1 aromatic carbocycles. The lowest BCUT2D eigenvalue weighted by Crippen LogP contribution is -2.51. The van der Waals surface area contributed by atoms with E-state index >= 15 is 0 Å². The van der Waals surface area contributed by atoms with Crippen LogP contribution in [-0.4, -0.2) is 64.1 Å². The number of nitrogens with zero attached hydrogens (tertiary/aromatic N) is 4. The molecule has 0 saturated carbocycles. The maximum Gasteiger partial charge on any atom is 0.244 e. The lowest BCUT2D eigenvalue weighted by molar-refractivity contribution is -0.134. The summed E-state index contributed by atoms with van der Waals surface area (Å²) in [5.74, 6) is 0.0653. The Hall–Kier alpha value is -2.67. The molecule has 150 valence electrons. The molecule has 1 fully saturated rings. The van der Waals surface area contributed by atoms with Crippen LogP contribution in [0.4, 0.5) is 5.69 Å². The molecule has 7 nitrogen and oxygen atoms in total. The molecule has 2 amide bonds. The largest absolute Gasteiger partial charge is 0.339 e. The van der Waals surface area contributed by atoms with Crippen LogP contribution >= 0.6 is 0 Å². The molecule has 0 atom stereocenters. The van der Waals surface area contributed by atoms with Crippen LogP contribution in [0.15, 0.2) is 30.3 Å². The summed E-state index contributed by atoms with van der Waals surface area (Å²) in [4.78, 5) is 28.9. The number of piperazine rings is 1. The Morgan fingerprint density at radius 1 is 1.07 bits per heavy atom. The van der Waals surface area contributed by atoms with E-state index in [4.69, 9.17) is 0 Å². The number of nitrogens with one attached hydrogen (secondary N) is 1. The summed E-state index contributed by atoms with van der Waals surface area (Å²) in [6.45, 7) is 9.25. The fourth-order valence-corrected chi connectivity index (χ4v) is 3.56. The number of hydrogen-bond donors (Lipinski definition) is 1. The average Bonchev–Trinajstić information content (AvgIpc) is 2.99. The van der Waals surface area contributed by atoms with Gasteiger partial charge in [0.05, 0.1) is 12.2 Å². The highest BCUT2D eigenvalue weighted by Crippen LogP contribution is 2.15. The third-order valence-corrected chi connectivity index (χ3v) is 5.15. The smallest absolute Gasteiger partial charge is 0.244 e. The lowest BCUT2D eigenvalue weighted by atomic mass is 10.1. The highest BCUT2D eigenvalue weighted by atomic mass is 16.2. The number of amides is 2. The monoisotopic (exact) mass is 383 g/mol. The molecule has 0 unspecified atom stereocenters. The quantitative estimate of drug-likeness (QED) is 0.826. The van der Waals surface area contributed by atoms with Gasteiger partial charge in [-0.2, -0.15) is 5.10 Å². The zero-order chi connectivity index (χ0) is 20.1. The van der Waals surface area contributed by atoms with Gasteiger partial charge >= 0.3 is 0 Å². The molecule has 1 aliphatic heterocycles. The van der Waals surface area contributed by atoms with Crippen molar-refractivity contribution in [3.05, 3.63) is 47.3 Å². The van der Waals surface area contributed by atoms with E-state index < -0.39 is 0 Å². The van der Waals surface area contributed by atoms with Crippen LogP contribution in [0.5, 0.6) is 0 Å². The molecule has 0 spiro atoms. The van der Waals surface area contributed by atoms with E-state index in [1.807, 2.05) is 49.1 Å². The van der Waals surface area contributed by atoms with Crippen LogP contribution in [0.2, 0.25) is 0 Å². The van der Waals surface area contributed by atoms with Gasteiger partial charge in [-0.3, -0.25) is 19.2 Å². The van der Waals surface area contributed by atoms with Crippen LogP contribution in [0.3, 0.4) is 0 Å². The predicted molar refractivity (Wildman–Crippen MR) is 109 cm³/mol. The molecule has 1 aliphatic rings. The summed E-state index contributed by atoms with van der Waals surface area (Å²) < 4.78 is 1.75. The lowest BCUT2D eigenvalue weighted by Gasteiger charge is -2.34. The van der Waals surface area contributed by atoms with Gasteiger partial charge in [-0.05, 0) is 38.0 Å². The van der Waals surface area contributed by atoms with E-state index in [1.165, 1.54) is 0 Å². The van der Waals surface area contributed by atoms with E-state index in [0.717, 1.165) is 29.1 Å². The molecule has 7 heteroatoms. The van der Waals surface area contributed by atoms with Gasteiger partial charge in [-0.15, -0.1) is 0 Å². The molecular weight excluding hydrogens is 354 g/mol. The number of aryl methyl sites for hydroxylation is 3. The molecule has 0 bridgehead atoms. The van der Waals surface area contributed by atoms with Crippen LogP contribution < -0.4 is 5.32 Å². The maximum atomic E-state index is 12.5. The number of anilines is 1. The zero-order valence-electron chi connectivity index (χ0n) is 16.9. The van der Waals surface area contributed by atoms with Crippen LogP contribution in [-0.2, 0) is 22.6 Å². The zero-order valence-corrected chi connectivity index (χ0v) is 16.9. The van der Waals surface area contributed by atoms with Crippen molar-refractivity contribution in [3.63, 3.8) is 0 Å². The highest BCUT2D eigenvalue weighted by Gasteiger charge is 2.23. The molecule has 1 aromatic heterocycles. The first kappa shape index (κ1) is 20.1. The third kappa shape index (κ3) is 4.98. The SMILES string of the molecule is CCc1ccccc1NC(=O)CN1CCN(C(=O)Cn2nc(C)cc2C)CC1. The van der Waals surface area contributed by atoms with Crippen molar-refractivity contribution in [1.29, 1.82) is 0 Å². The second-order valence-corrected chi connectivity index (χ2v) is 7.30. The first-order chi connectivity index (χ1) is 13.5. The summed E-state index contributed by atoms with van der Waals surface area (Å²) >= 11 is 0. The van der Waals surface area contributed by atoms with Gasteiger partial charge in [0.15, 0.2) is 0 Å². The van der Waals surface area contributed by atoms with Crippen molar-refractivity contribution in [2.75, 3.05) is 38.0 Å². The molecule has 28 heavy (non-hydrogen) atoms. The number of carbonyl (C=O) groups excluding carboxylic acids is 2. The summed E-state index contributed by atoms with van der Waals surface area (Å²) in [5, 5.41) is 7.37. The van der Waals surface area contributed by atoms with Crippen molar-refractivity contribution >= 4 is 17.5 Å². The summed E-state index contributed by atoms with van der Waals surface area (Å²) in [6.07, 6.45) is 0.881. The fourth-order valence-electron chi connectivity index (χ4n) is 3.56. The minimum atomic E-state index is -0.0108. The van der Waals surface area contributed by atoms with Crippen LogP contribution in [0, 0.1) is 13.8 Å². The molecule has 0 radical (unpaired) electrons. The first-order valence-corrected chi connectivity index (χ1v) is 9.85. The Bertz CT molecular complexity index is 837. The number of aromatic nitrogens is 2. The Morgan fingerprint density at radius 3 is 2.43 bits per heavy atom. The normalized spacial score (nSPS) is 14.9. The van der Waals surface area contributed by atoms with Gasteiger partial charge in [-0.1, -0.05) is 25.1 Å². The standard InChI is InChI=1S/C21H29N5O2/c1-4-18-7-5-6-8-19(18)22-20(27)14-24-9-11-25(12-10-24)21(28)15-26-17(3)13-16(2)23-26/h5-8,13H,4,9-12,14-15H2,1-3H3,(H,22,27). The second-order valence-electron chi connectivity index (χ2n) is 7.30. The van der Waals surface area contributed by atoms with E-state index in [-0.39, 0.29) is 18.4 Å². The van der Waals surface area contributed by atoms with Crippen molar-refractivity contribution in [2.45, 2.75) is 33.7 Å². The molecule has 2 aromatic rings. The van der Waals surface area contributed by atoms with Gasteiger partial charge in [-0.25, -0.2) is 0 Å². The van der Waals surface area contributed by atoms with Crippen molar-refractivity contribution in [2.24, 2.45) is 0 Å². The summed E-state index contributed by atoms with van der Waals surface area (Å²) in [6, 6.07) is 9.86. The Balaban J connectivity index is 1.46. The van der Waals surface area contributed by atoms with E-state index in [9.17, 15) is 9.59 Å². The van der Waals surface area contributed by atoms with Crippen molar-refractivity contribution in [1.82, 2.24) is 19.6 Å². The van der Waals surface area contributed by atoms with Crippen molar-refractivity contribution in [3.8, 4) is 0 Å². The van der Waals surface area contributed by atoms with Gasteiger partial charge in [0.1, 0.15) is 6.54 Å². The average molecular weight is 383 g/mol. The maximum absolute atomic E-state index is 12.5. The number of carbonyl (C=O) groups is 2. The predicted octanol–water partition coefficient (Wildman–Crippen LogP) is 1.85. The summed E-state index contributed by atoms with van der Waals surface area (Å²) in [5.41, 5.74) is 3.93. The number of benzene rings is 1. The topological polar surface area (TPSA) is 70.5 Å². The van der Waals surface area contributed by atoms with E-state index in [1.54, 1.807) is 4.68 Å². The Kier molecular flexibility index (Phi) is 6.46. The minimum absolute atomic E-state index is 0.0108. The molecule has 2 heterocycles. The van der Waals surface area contributed by atoms with Gasteiger partial charge in [0.25, 0.3) is 0 Å².